The lowest BCUT2D eigenvalue weighted by atomic mass is 9.93. The van der Waals surface area contributed by atoms with Crippen molar-refractivity contribution in [1.29, 1.82) is 0 Å². The van der Waals surface area contributed by atoms with Crippen LogP contribution in [0.15, 0.2) is 24.3 Å². The SMILES string of the molecule is CCOP(=O)(OCC)Oc1c(-c2c(C)cc(C)cc2C)ccc(OC)c1OC. The van der Waals surface area contributed by atoms with Crippen LogP contribution in [0.1, 0.15) is 30.5 Å². The summed E-state index contributed by atoms with van der Waals surface area (Å²) in [6, 6.07) is 7.84. The molecule has 0 saturated carbocycles. The quantitative estimate of drug-likeness (QED) is 0.485. The second-order valence-electron chi connectivity index (χ2n) is 6.33. The van der Waals surface area contributed by atoms with E-state index < -0.39 is 7.82 Å². The first-order valence-corrected chi connectivity index (χ1v) is 10.7. The number of phosphoric acid groups is 1. The van der Waals surface area contributed by atoms with Gasteiger partial charge in [-0.05, 0) is 63.4 Å². The minimum atomic E-state index is -3.83. The smallest absolute Gasteiger partial charge is 0.493 e. The van der Waals surface area contributed by atoms with E-state index in [0.29, 0.717) is 11.5 Å². The number of ether oxygens (including phenoxy) is 2. The van der Waals surface area contributed by atoms with Crippen LogP contribution in [0.25, 0.3) is 11.1 Å². The first-order valence-electron chi connectivity index (χ1n) is 9.22. The molecule has 0 unspecified atom stereocenters. The van der Waals surface area contributed by atoms with Crippen molar-refractivity contribution in [2.75, 3.05) is 27.4 Å². The average molecular weight is 408 g/mol. The predicted molar refractivity (Wildman–Crippen MR) is 111 cm³/mol. The van der Waals surface area contributed by atoms with Crippen molar-refractivity contribution < 1.29 is 27.6 Å². The van der Waals surface area contributed by atoms with E-state index in [-0.39, 0.29) is 19.0 Å². The molecule has 28 heavy (non-hydrogen) atoms. The van der Waals surface area contributed by atoms with Gasteiger partial charge in [0.1, 0.15) is 0 Å². The standard InChI is InChI=1S/C21H29O6P/c1-8-25-28(22,26-9-2)27-20-17(10-11-18(23-6)21(20)24-7)19-15(4)12-14(3)13-16(19)5/h10-13H,8-9H2,1-7H3. The highest BCUT2D eigenvalue weighted by Crippen LogP contribution is 2.56. The van der Waals surface area contributed by atoms with E-state index in [2.05, 4.69) is 12.1 Å². The van der Waals surface area contributed by atoms with Crippen LogP contribution < -0.4 is 14.0 Å². The Hall–Kier alpha value is -2.01. The Morgan fingerprint density at radius 1 is 0.857 bits per heavy atom. The number of rotatable bonds is 9. The van der Waals surface area contributed by atoms with Gasteiger partial charge in [0.2, 0.25) is 5.75 Å². The number of aryl methyl sites for hydroxylation is 3. The molecular weight excluding hydrogens is 379 g/mol. The zero-order valence-corrected chi connectivity index (χ0v) is 18.5. The predicted octanol–water partition coefficient (Wildman–Crippen LogP) is 5.86. The van der Waals surface area contributed by atoms with E-state index in [9.17, 15) is 4.57 Å². The van der Waals surface area contributed by atoms with Crippen LogP contribution in [0.3, 0.4) is 0 Å². The molecule has 0 aliphatic rings. The summed E-state index contributed by atoms with van der Waals surface area (Å²) in [5.74, 6) is 1.06. The highest BCUT2D eigenvalue weighted by Gasteiger charge is 2.32. The number of benzene rings is 2. The topological polar surface area (TPSA) is 63.2 Å². The summed E-state index contributed by atoms with van der Waals surface area (Å²) in [5, 5.41) is 0. The first-order chi connectivity index (χ1) is 13.3. The van der Waals surface area contributed by atoms with Gasteiger partial charge in [-0.25, -0.2) is 4.57 Å². The third kappa shape index (κ3) is 4.69. The maximum atomic E-state index is 13.1. The highest BCUT2D eigenvalue weighted by molar-refractivity contribution is 7.48. The Balaban J connectivity index is 2.76. The molecule has 0 spiro atoms. The van der Waals surface area contributed by atoms with Crippen molar-refractivity contribution in [2.45, 2.75) is 34.6 Å². The molecule has 0 aliphatic carbocycles. The molecule has 0 aromatic heterocycles. The molecule has 2 aromatic carbocycles. The van der Waals surface area contributed by atoms with Gasteiger partial charge < -0.3 is 14.0 Å². The molecule has 0 heterocycles. The molecule has 7 heteroatoms. The van der Waals surface area contributed by atoms with Crippen molar-refractivity contribution >= 4 is 7.82 Å². The Labute approximate surface area is 167 Å². The summed E-state index contributed by atoms with van der Waals surface area (Å²) in [7, 11) is -0.789. The zero-order valence-electron chi connectivity index (χ0n) is 17.6. The molecule has 0 amide bonds. The van der Waals surface area contributed by atoms with Crippen LogP contribution in [0.5, 0.6) is 17.2 Å². The zero-order chi connectivity index (χ0) is 20.9. The van der Waals surface area contributed by atoms with Crippen molar-refractivity contribution in [3.05, 3.63) is 41.0 Å². The molecule has 2 rings (SSSR count). The molecule has 0 saturated heterocycles. The molecule has 0 fully saturated rings. The van der Waals surface area contributed by atoms with Crippen LogP contribution in [0.4, 0.5) is 0 Å². The fourth-order valence-electron chi connectivity index (χ4n) is 3.31. The molecule has 0 atom stereocenters. The third-order valence-corrected chi connectivity index (χ3v) is 5.78. The van der Waals surface area contributed by atoms with Gasteiger partial charge >= 0.3 is 7.82 Å². The Morgan fingerprint density at radius 3 is 1.89 bits per heavy atom. The molecule has 154 valence electrons. The fraction of sp³-hybridized carbons (Fsp3) is 0.429. The largest absolute Gasteiger partial charge is 0.530 e. The van der Waals surface area contributed by atoms with Gasteiger partial charge in [-0.3, -0.25) is 9.05 Å². The summed E-state index contributed by atoms with van der Waals surface area (Å²) in [4.78, 5) is 0. The van der Waals surface area contributed by atoms with Crippen molar-refractivity contribution in [2.24, 2.45) is 0 Å². The van der Waals surface area contributed by atoms with E-state index in [0.717, 1.165) is 27.8 Å². The lowest BCUT2D eigenvalue weighted by molar-refractivity contribution is 0.166. The van der Waals surface area contributed by atoms with Gasteiger partial charge in [0.15, 0.2) is 11.5 Å². The van der Waals surface area contributed by atoms with Gasteiger partial charge in [-0.2, -0.15) is 0 Å². The average Bonchev–Trinajstić information content (AvgIpc) is 2.61. The summed E-state index contributed by atoms with van der Waals surface area (Å²) >= 11 is 0. The van der Waals surface area contributed by atoms with Gasteiger partial charge in [0, 0.05) is 5.56 Å². The monoisotopic (exact) mass is 408 g/mol. The van der Waals surface area contributed by atoms with E-state index in [4.69, 9.17) is 23.0 Å². The Kier molecular flexibility index (Phi) is 7.53. The lowest BCUT2D eigenvalue weighted by Crippen LogP contribution is -2.05. The van der Waals surface area contributed by atoms with E-state index in [1.165, 1.54) is 14.2 Å². The minimum absolute atomic E-state index is 0.182. The first kappa shape index (κ1) is 22.3. The van der Waals surface area contributed by atoms with Crippen LogP contribution in [-0.2, 0) is 13.6 Å². The maximum Gasteiger partial charge on any atom is 0.530 e. The lowest BCUT2D eigenvalue weighted by Gasteiger charge is -2.23. The third-order valence-electron chi connectivity index (χ3n) is 4.22. The minimum Gasteiger partial charge on any atom is -0.493 e. The van der Waals surface area contributed by atoms with Crippen molar-refractivity contribution in [1.82, 2.24) is 0 Å². The number of phosphoric ester groups is 1. The number of hydrogen-bond acceptors (Lipinski definition) is 6. The maximum absolute atomic E-state index is 13.1. The summed E-state index contributed by atoms with van der Waals surface area (Å²) in [6.07, 6.45) is 0. The summed E-state index contributed by atoms with van der Waals surface area (Å²) < 4.78 is 40.6. The second-order valence-corrected chi connectivity index (χ2v) is 7.92. The van der Waals surface area contributed by atoms with E-state index in [1.54, 1.807) is 19.9 Å². The van der Waals surface area contributed by atoms with Crippen LogP contribution in [0, 0.1) is 20.8 Å². The Bertz CT molecular complexity index is 844. The van der Waals surface area contributed by atoms with Gasteiger partial charge in [0.25, 0.3) is 0 Å². The summed E-state index contributed by atoms with van der Waals surface area (Å²) in [5.41, 5.74) is 5.00. The normalized spacial score (nSPS) is 11.4. The molecular formula is C21H29O6P. The number of methoxy groups -OCH3 is 2. The van der Waals surface area contributed by atoms with Gasteiger partial charge in [-0.1, -0.05) is 17.7 Å². The Morgan fingerprint density at radius 2 is 1.43 bits per heavy atom. The fourth-order valence-corrected chi connectivity index (χ4v) is 4.53. The van der Waals surface area contributed by atoms with Gasteiger partial charge in [0.05, 0.1) is 27.4 Å². The molecule has 0 N–H and O–H groups in total. The van der Waals surface area contributed by atoms with Crippen molar-refractivity contribution in [3.8, 4) is 28.4 Å². The molecule has 0 bridgehead atoms. The van der Waals surface area contributed by atoms with Crippen LogP contribution in [-0.4, -0.2) is 27.4 Å². The van der Waals surface area contributed by atoms with Crippen LogP contribution >= 0.6 is 7.82 Å². The molecule has 0 aliphatic heterocycles. The summed E-state index contributed by atoms with van der Waals surface area (Å²) in [6.45, 7) is 9.93. The highest BCUT2D eigenvalue weighted by atomic mass is 31.2. The number of hydrogen-bond donors (Lipinski definition) is 0. The molecule has 2 aromatic rings. The van der Waals surface area contributed by atoms with Crippen molar-refractivity contribution in [3.63, 3.8) is 0 Å². The van der Waals surface area contributed by atoms with Gasteiger partial charge in [-0.15, -0.1) is 0 Å². The van der Waals surface area contributed by atoms with Crippen LogP contribution in [0.2, 0.25) is 0 Å². The second kappa shape index (κ2) is 9.46. The molecule has 0 radical (unpaired) electrons. The van der Waals surface area contributed by atoms with E-state index >= 15 is 0 Å². The van der Waals surface area contributed by atoms with E-state index in [1.807, 2.05) is 26.8 Å². The molecule has 6 nitrogen and oxygen atoms in total.